The summed E-state index contributed by atoms with van der Waals surface area (Å²) in [6, 6.07) is -0.875. The van der Waals surface area contributed by atoms with Crippen LogP contribution in [0.2, 0.25) is 0 Å². The molecule has 4 aliphatic heterocycles. The number of carbonyl (C=O) groups is 3. The van der Waals surface area contributed by atoms with Gasteiger partial charge in [0, 0.05) is 35.7 Å². The summed E-state index contributed by atoms with van der Waals surface area (Å²) in [5.74, 6) is -1.53. The van der Waals surface area contributed by atoms with Gasteiger partial charge in [-0.25, -0.2) is 23.1 Å². The number of nitrogens with zero attached hydrogens (tertiary/aromatic N) is 4. The second kappa shape index (κ2) is 12.5. The zero-order valence-corrected chi connectivity index (χ0v) is 24.8. The third-order valence-electron chi connectivity index (χ3n) is 7.66. The minimum atomic E-state index is -3.70. The van der Waals surface area contributed by atoms with E-state index in [1.807, 2.05) is 11.8 Å². The number of nitrogens with two attached hydrogens (primary N) is 1. The first-order chi connectivity index (χ1) is 19.4. The van der Waals surface area contributed by atoms with Gasteiger partial charge >= 0.3 is 12.1 Å². The quantitative estimate of drug-likeness (QED) is 0.177. The van der Waals surface area contributed by atoms with Gasteiger partial charge < -0.3 is 24.4 Å². The van der Waals surface area contributed by atoms with Crippen molar-refractivity contribution in [1.82, 2.24) is 14.7 Å². The van der Waals surface area contributed by atoms with Crippen molar-refractivity contribution >= 4 is 45.6 Å². The third kappa shape index (κ3) is 6.32. The topological polar surface area (TPSA) is 172 Å². The lowest BCUT2D eigenvalue weighted by Gasteiger charge is -2.46. The van der Waals surface area contributed by atoms with Gasteiger partial charge in [0.1, 0.15) is 24.7 Å². The fourth-order valence-electron chi connectivity index (χ4n) is 5.87. The third-order valence-corrected chi connectivity index (χ3v) is 9.91. The Morgan fingerprint density at radius 1 is 1.27 bits per heavy atom. The standard InChI is InChI=1S/C26H37N5O8S2/c1-5-10-38-25(34)21-22(15(3)20-19(16(4)32)24(33)31(20)21)40-17-13-18(30(14-17)26(35)39-11-6-2)23-28-7-8-29(23)9-12-41(27,36)37/h5-6,15-20,32H,1-2,7-14H2,3-4H3,(H2,27,36,37). The van der Waals surface area contributed by atoms with Crippen molar-refractivity contribution in [2.24, 2.45) is 22.0 Å². The molecule has 0 bridgehead atoms. The smallest absolute Gasteiger partial charge is 0.410 e. The molecule has 6 atom stereocenters. The Morgan fingerprint density at radius 3 is 2.59 bits per heavy atom. The average Bonchev–Trinajstić information content (AvgIpc) is 3.60. The van der Waals surface area contributed by atoms with Gasteiger partial charge in [0.2, 0.25) is 15.9 Å². The van der Waals surface area contributed by atoms with Crippen LogP contribution >= 0.6 is 11.8 Å². The number of fused-ring (bicyclic) bond motifs is 1. The van der Waals surface area contributed by atoms with E-state index < -0.39 is 40.1 Å². The Kier molecular flexibility index (Phi) is 9.51. The van der Waals surface area contributed by atoms with Crippen LogP contribution in [0.15, 0.2) is 40.9 Å². The van der Waals surface area contributed by atoms with Crippen molar-refractivity contribution < 1.29 is 37.4 Å². The summed E-state index contributed by atoms with van der Waals surface area (Å²) >= 11 is 1.40. The number of hydrogen-bond donors (Lipinski definition) is 2. The van der Waals surface area contributed by atoms with Crippen LogP contribution in [0.3, 0.4) is 0 Å². The predicted molar refractivity (Wildman–Crippen MR) is 153 cm³/mol. The zero-order valence-electron chi connectivity index (χ0n) is 23.2. The summed E-state index contributed by atoms with van der Waals surface area (Å²) in [6.07, 6.45) is 1.91. The highest BCUT2D eigenvalue weighted by molar-refractivity contribution is 8.03. The number of β-lactam (4-membered cyclic amide) rings is 1. The molecule has 0 aromatic heterocycles. The highest BCUT2D eigenvalue weighted by Gasteiger charge is 2.60. The van der Waals surface area contributed by atoms with Crippen molar-refractivity contribution in [3.8, 4) is 0 Å². The van der Waals surface area contributed by atoms with Gasteiger partial charge in [0.15, 0.2) is 0 Å². The normalized spacial score (nSPS) is 28.3. The molecule has 6 unspecified atom stereocenters. The number of aliphatic hydroxyl groups is 1. The minimum Gasteiger partial charge on any atom is -0.457 e. The van der Waals surface area contributed by atoms with Crippen LogP contribution in [0.1, 0.15) is 20.3 Å². The lowest BCUT2D eigenvalue weighted by Crippen LogP contribution is -2.63. The number of amides is 2. The van der Waals surface area contributed by atoms with E-state index >= 15 is 0 Å². The second-order valence-electron chi connectivity index (χ2n) is 10.5. The second-order valence-corrected chi connectivity index (χ2v) is 13.5. The van der Waals surface area contributed by atoms with Crippen LogP contribution in [-0.2, 0) is 29.1 Å². The number of likely N-dealkylation sites (tertiary alicyclic amines) is 1. The first kappa shape index (κ1) is 31.1. The number of carbonyl (C=O) groups excluding carboxylic acids is 3. The van der Waals surface area contributed by atoms with Crippen molar-refractivity contribution in [2.75, 3.05) is 45.1 Å². The molecule has 2 saturated heterocycles. The monoisotopic (exact) mass is 611 g/mol. The van der Waals surface area contributed by atoms with E-state index in [1.54, 1.807) is 11.8 Å². The highest BCUT2D eigenvalue weighted by atomic mass is 32.2. The lowest BCUT2D eigenvalue weighted by molar-refractivity contribution is -0.164. The van der Waals surface area contributed by atoms with E-state index in [4.69, 9.17) is 14.6 Å². The fourth-order valence-corrected chi connectivity index (χ4v) is 7.87. The van der Waals surface area contributed by atoms with Gasteiger partial charge in [-0.2, -0.15) is 0 Å². The number of amidine groups is 1. The molecule has 13 nitrogen and oxygen atoms in total. The first-order valence-electron chi connectivity index (χ1n) is 13.4. The summed E-state index contributed by atoms with van der Waals surface area (Å²) in [6.45, 7) is 12.0. The van der Waals surface area contributed by atoms with Crippen LogP contribution in [0.25, 0.3) is 0 Å². The Labute approximate surface area is 244 Å². The molecule has 4 aliphatic rings. The largest absolute Gasteiger partial charge is 0.457 e. The predicted octanol–water partition coefficient (Wildman–Crippen LogP) is 0.286. The van der Waals surface area contributed by atoms with Crippen molar-refractivity contribution in [3.05, 3.63) is 35.9 Å². The van der Waals surface area contributed by atoms with E-state index in [9.17, 15) is 27.9 Å². The first-order valence-corrected chi connectivity index (χ1v) is 16.0. The molecule has 0 aliphatic carbocycles. The number of hydrogen-bond acceptors (Lipinski definition) is 11. The number of aliphatic imine (C=N–C) groups is 1. The molecule has 0 saturated carbocycles. The number of thioether (sulfide) groups is 1. The minimum absolute atomic E-state index is 0.0163. The van der Waals surface area contributed by atoms with Gasteiger partial charge in [0.05, 0.1) is 36.4 Å². The summed E-state index contributed by atoms with van der Waals surface area (Å²) in [4.78, 5) is 49.3. The number of sulfonamides is 1. The molecular formula is C26H37N5O8S2. The fraction of sp³-hybridized carbons (Fsp3) is 0.615. The SMILES string of the molecule is C=CCOC(=O)C1=C(SC2CC(C3=NCCN3CCS(N)(=O)=O)N(C(=O)OCC=C)C2)C(C)C2C(C(C)O)C(=O)N12. The molecular weight excluding hydrogens is 574 g/mol. The maximum absolute atomic E-state index is 13.1. The number of esters is 1. The molecule has 15 heteroatoms. The Bertz CT molecular complexity index is 1270. The number of primary sulfonamides is 1. The number of ether oxygens (including phenoxy) is 2. The molecule has 0 radical (unpaired) electrons. The summed E-state index contributed by atoms with van der Waals surface area (Å²) in [5.41, 5.74) is 0.161. The van der Waals surface area contributed by atoms with Crippen molar-refractivity contribution in [1.29, 1.82) is 0 Å². The van der Waals surface area contributed by atoms with Crippen LogP contribution in [0, 0.1) is 11.8 Å². The number of aliphatic hydroxyl groups excluding tert-OH is 1. The zero-order chi connectivity index (χ0) is 30.1. The molecule has 41 heavy (non-hydrogen) atoms. The van der Waals surface area contributed by atoms with Gasteiger partial charge in [0.25, 0.3) is 0 Å². The maximum atomic E-state index is 13.1. The molecule has 0 aromatic rings. The average molecular weight is 612 g/mol. The van der Waals surface area contributed by atoms with Crippen LogP contribution in [0.4, 0.5) is 4.79 Å². The van der Waals surface area contributed by atoms with E-state index in [2.05, 4.69) is 18.2 Å². The summed E-state index contributed by atoms with van der Waals surface area (Å²) < 4.78 is 33.9. The van der Waals surface area contributed by atoms with Gasteiger partial charge in [-0.3, -0.25) is 14.7 Å². The van der Waals surface area contributed by atoms with Crippen molar-refractivity contribution in [2.45, 2.75) is 43.7 Å². The van der Waals surface area contributed by atoms with E-state index in [1.165, 1.54) is 28.8 Å². The molecule has 0 aromatic carbocycles. The molecule has 4 heterocycles. The Morgan fingerprint density at radius 2 is 1.95 bits per heavy atom. The maximum Gasteiger partial charge on any atom is 0.410 e. The Balaban J connectivity index is 1.61. The van der Waals surface area contributed by atoms with E-state index in [0.29, 0.717) is 30.3 Å². The number of rotatable bonds is 12. The van der Waals surface area contributed by atoms with Gasteiger partial charge in [-0.1, -0.05) is 32.2 Å². The van der Waals surface area contributed by atoms with Crippen LogP contribution < -0.4 is 5.14 Å². The lowest BCUT2D eigenvalue weighted by atomic mass is 9.79. The molecule has 0 spiro atoms. The molecule has 4 rings (SSSR count). The molecule has 2 fully saturated rings. The van der Waals surface area contributed by atoms with Crippen molar-refractivity contribution in [3.63, 3.8) is 0 Å². The van der Waals surface area contributed by atoms with E-state index in [0.717, 1.165) is 0 Å². The molecule has 3 N–H and O–H groups in total. The van der Waals surface area contributed by atoms with Gasteiger partial charge in [-0.05, 0) is 13.3 Å². The van der Waals surface area contributed by atoms with Crippen LogP contribution in [-0.4, -0.2) is 121 Å². The highest BCUT2D eigenvalue weighted by Crippen LogP contribution is 2.52. The Hall–Kier alpha value is -2.88. The van der Waals surface area contributed by atoms with Crippen LogP contribution in [0.5, 0.6) is 0 Å². The molecule has 226 valence electrons. The summed E-state index contributed by atoms with van der Waals surface area (Å²) in [7, 11) is -3.70. The molecule has 2 amide bonds. The van der Waals surface area contributed by atoms with Gasteiger partial charge in [-0.15, -0.1) is 11.8 Å². The summed E-state index contributed by atoms with van der Waals surface area (Å²) in [5, 5.41) is 15.3. The van der Waals surface area contributed by atoms with E-state index in [-0.39, 0.29) is 60.9 Å².